The number of aryl methyl sites for hydroxylation is 1. The highest BCUT2D eigenvalue weighted by atomic mass is 16.3. The molecule has 1 aromatic carbocycles. The van der Waals surface area contributed by atoms with Gasteiger partial charge >= 0.3 is 0 Å². The molecule has 0 saturated heterocycles. The highest BCUT2D eigenvalue weighted by molar-refractivity contribution is 5.60. The van der Waals surface area contributed by atoms with E-state index in [1.165, 1.54) is 0 Å². The van der Waals surface area contributed by atoms with Crippen LogP contribution in [0.1, 0.15) is 5.69 Å². The van der Waals surface area contributed by atoms with Crippen LogP contribution in [-0.2, 0) is 0 Å². The number of hydrogen-bond donors (Lipinski definition) is 1. The maximum atomic E-state index is 9.84. The molecule has 0 unspecified atom stereocenters. The number of fused-ring (bicyclic) bond motifs is 1. The molecule has 0 atom stereocenters. The molecule has 0 fully saturated rings. The first-order valence-corrected chi connectivity index (χ1v) is 5.35. The molecule has 84 valence electrons. The topological polar surface area (TPSA) is 50.4 Å². The van der Waals surface area contributed by atoms with Gasteiger partial charge in [-0.2, -0.15) is 0 Å². The number of benzene rings is 1. The second kappa shape index (κ2) is 3.59. The predicted octanol–water partition coefficient (Wildman–Crippen LogP) is 2.41. The quantitative estimate of drug-likeness (QED) is 0.691. The van der Waals surface area contributed by atoms with E-state index in [9.17, 15) is 5.11 Å². The number of rotatable bonds is 1. The average molecular weight is 225 g/mol. The molecule has 3 rings (SSSR count). The van der Waals surface area contributed by atoms with E-state index in [1.807, 2.05) is 30.3 Å². The zero-order chi connectivity index (χ0) is 11.8. The molecule has 0 aliphatic carbocycles. The van der Waals surface area contributed by atoms with E-state index in [4.69, 9.17) is 0 Å². The summed E-state index contributed by atoms with van der Waals surface area (Å²) in [7, 11) is 0. The van der Waals surface area contributed by atoms with Gasteiger partial charge in [0.25, 0.3) is 0 Å². The van der Waals surface area contributed by atoms with Crippen LogP contribution >= 0.6 is 0 Å². The first-order chi connectivity index (χ1) is 8.25. The zero-order valence-corrected chi connectivity index (χ0v) is 9.33. The van der Waals surface area contributed by atoms with Crippen molar-refractivity contribution in [3.63, 3.8) is 0 Å². The van der Waals surface area contributed by atoms with Gasteiger partial charge in [0.15, 0.2) is 5.65 Å². The summed E-state index contributed by atoms with van der Waals surface area (Å²) in [4.78, 5) is 8.54. The van der Waals surface area contributed by atoms with Gasteiger partial charge in [0.05, 0.1) is 11.9 Å². The fourth-order valence-corrected chi connectivity index (χ4v) is 1.82. The van der Waals surface area contributed by atoms with Gasteiger partial charge in [0.1, 0.15) is 5.69 Å². The van der Waals surface area contributed by atoms with Crippen LogP contribution in [0.25, 0.3) is 16.9 Å². The fraction of sp³-hybridized carbons (Fsp3) is 0.0769. The molecule has 0 spiro atoms. The maximum absolute atomic E-state index is 9.84. The Hall–Kier alpha value is -2.36. The van der Waals surface area contributed by atoms with Crippen molar-refractivity contribution in [3.05, 3.63) is 48.4 Å². The second-order valence-electron chi connectivity index (χ2n) is 3.89. The molecule has 0 bridgehead atoms. The van der Waals surface area contributed by atoms with Crippen LogP contribution in [0.15, 0.2) is 42.7 Å². The molecular formula is C13H11N3O. The standard InChI is InChI=1S/C13H11N3O/c1-9-13(17)16-8-11(14-7-12(16)15-9)10-5-3-2-4-6-10/h2-8,17H,1H3. The molecule has 2 heterocycles. The molecule has 0 saturated carbocycles. The Labute approximate surface area is 98.2 Å². The molecule has 17 heavy (non-hydrogen) atoms. The van der Waals surface area contributed by atoms with Gasteiger partial charge in [-0.1, -0.05) is 30.3 Å². The summed E-state index contributed by atoms with van der Waals surface area (Å²) in [5.74, 6) is 0.166. The zero-order valence-electron chi connectivity index (χ0n) is 9.33. The van der Waals surface area contributed by atoms with Crippen LogP contribution in [0.2, 0.25) is 0 Å². The van der Waals surface area contributed by atoms with Crippen LogP contribution in [0, 0.1) is 6.92 Å². The van der Waals surface area contributed by atoms with Crippen molar-refractivity contribution >= 4 is 5.65 Å². The molecule has 0 amide bonds. The Morgan fingerprint density at radius 3 is 2.71 bits per heavy atom. The van der Waals surface area contributed by atoms with Crippen LogP contribution in [-0.4, -0.2) is 19.5 Å². The second-order valence-corrected chi connectivity index (χ2v) is 3.89. The van der Waals surface area contributed by atoms with Gasteiger partial charge in [0.2, 0.25) is 5.88 Å². The van der Waals surface area contributed by atoms with Gasteiger partial charge in [-0.15, -0.1) is 0 Å². The number of hydrogen-bond acceptors (Lipinski definition) is 3. The number of aromatic hydroxyl groups is 1. The minimum atomic E-state index is 0.166. The molecule has 4 heteroatoms. The van der Waals surface area contributed by atoms with E-state index in [-0.39, 0.29) is 5.88 Å². The smallest absolute Gasteiger partial charge is 0.219 e. The summed E-state index contributed by atoms with van der Waals surface area (Å²) in [5, 5.41) is 9.84. The number of nitrogens with zero attached hydrogens (tertiary/aromatic N) is 3. The van der Waals surface area contributed by atoms with Crippen molar-refractivity contribution < 1.29 is 5.11 Å². The van der Waals surface area contributed by atoms with Gasteiger partial charge in [0, 0.05) is 11.8 Å². The lowest BCUT2D eigenvalue weighted by Crippen LogP contribution is -1.90. The number of imidazole rings is 1. The summed E-state index contributed by atoms with van der Waals surface area (Å²) >= 11 is 0. The third-order valence-corrected chi connectivity index (χ3v) is 2.72. The van der Waals surface area contributed by atoms with Crippen molar-refractivity contribution in [2.24, 2.45) is 0 Å². The van der Waals surface area contributed by atoms with E-state index in [1.54, 1.807) is 23.7 Å². The molecule has 4 nitrogen and oxygen atoms in total. The van der Waals surface area contributed by atoms with E-state index in [0.29, 0.717) is 11.3 Å². The van der Waals surface area contributed by atoms with Crippen molar-refractivity contribution in [2.75, 3.05) is 0 Å². The summed E-state index contributed by atoms with van der Waals surface area (Å²) in [6.07, 6.45) is 3.45. The molecule has 0 aliphatic rings. The van der Waals surface area contributed by atoms with Crippen molar-refractivity contribution in [2.45, 2.75) is 6.92 Å². The molecule has 3 aromatic rings. The Bertz CT molecular complexity index is 674. The van der Waals surface area contributed by atoms with E-state index < -0.39 is 0 Å². The van der Waals surface area contributed by atoms with Crippen LogP contribution in [0.5, 0.6) is 5.88 Å². The fourth-order valence-electron chi connectivity index (χ4n) is 1.82. The highest BCUT2D eigenvalue weighted by Gasteiger charge is 2.08. The summed E-state index contributed by atoms with van der Waals surface area (Å²) in [5.41, 5.74) is 3.09. The lowest BCUT2D eigenvalue weighted by molar-refractivity contribution is 0.444. The summed E-state index contributed by atoms with van der Waals surface area (Å²) < 4.78 is 1.64. The van der Waals surface area contributed by atoms with E-state index >= 15 is 0 Å². The van der Waals surface area contributed by atoms with Crippen LogP contribution < -0.4 is 0 Å². The van der Waals surface area contributed by atoms with Gasteiger partial charge in [-0.05, 0) is 6.92 Å². The molecular weight excluding hydrogens is 214 g/mol. The summed E-state index contributed by atoms with van der Waals surface area (Å²) in [6, 6.07) is 9.84. The third kappa shape index (κ3) is 1.54. The normalized spacial score (nSPS) is 10.9. The first-order valence-electron chi connectivity index (χ1n) is 5.35. The highest BCUT2D eigenvalue weighted by Crippen LogP contribution is 2.22. The minimum Gasteiger partial charge on any atom is -0.493 e. The Morgan fingerprint density at radius 1 is 1.18 bits per heavy atom. The van der Waals surface area contributed by atoms with Crippen molar-refractivity contribution in [1.29, 1.82) is 0 Å². The molecule has 2 aromatic heterocycles. The minimum absolute atomic E-state index is 0.166. The van der Waals surface area contributed by atoms with Crippen molar-refractivity contribution in [1.82, 2.24) is 14.4 Å². The predicted molar refractivity (Wildman–Crippen MR) is 64.8 cm³/mol. The average Bonchev–Trinajstić information content (AvgIpc) is 2.66. The van der Waals surface area contributed by atoms with Crippen molar-refractivity contribution in [3.8, 4) is 17.1 Å². The monoisotopic (exact) mass is 225 g/mol. The van der Waals surface area contributed by atoms with Crippen LogP contribution in [0.4, 0.5) is 0 Å². The van der Waals surface area contributed by atoms with E-state index in [0.717, 1.165) is 11.3 Å². The largest absolute Gasteiger partial charge is 0.493 e. The SMILES string of the molecule is Cc1nc2cnc(-c3ccccc3)cn2c1O. The number of aromatic nitrogens is 3. The summed E-state index contributed by atoms with van der Waals surface area (Å²) in [6.45, 7) is 1.77. The van der Waals surface area contributed by atoms with Crippen LogP contribution in [0.3, 0.4) is 0 Å². The Morgan fingerprint density at radius 2 is 1.94 bits per heavy atom. The molecule has 0 radical (unpaired) electrons. The Balaban J connectivity index is 2.23. The third-order valence-electron chi connectivity index (χ3n) is 2.72. The Kier molecular flexibility index (Phi) is 2.08. The molecule has 0 aliphatic heterocycles. The van der Waals surface area contributed by atoms with Gasteiger partial charge in [-0.25, -0.2) is 4.98 Å². The molecule has 1 N–H and O–H groups in total. The lowest BCUT2D eigenvalue weighted by atomic mass is 10.2. The van der Waals surface area contributed by atoms with Gasteiger partial charge in [-0.3, -0.25) is 9.38 Å². The van der Waals surface area contributed by atoms with E-state index in [2.05, 4.69) is 9.97 Å². The first kappa shape index (κ1) is 9.84. The van der Waals surface area contributed by atoms with Gasteiger partial charge < -0.3 is 5.11 Å². The lowest BCUT2D eigenvalue weighted by Gasteiger charge is -2.01. The maximum Gasteiger partial charge on any atom is 0.219 e.